The van der Waals surface area contributed by atoms with Crippen molar-refractivity contribution in [2.75, 3.05) is 19.0 Å². The molecule has 0 saturated carbocycles. The van der Waals surface area contributed by atoms with E-state index in [-0.39, 0.29) is 17.5 Å². The molecule has 3 heterocycles. The second-order valence-corrected chi connectivity index (χ2v) is 12.3. The number of halogens is 1. The maximum absolute atomic E-state index is 13.2. The number of anilines is 1. The number of rotatable bonds is 8. The minimum Gasteiger partial charge on any atom is -0.481 e. The number of pyridine rings is 1. The van der Waals surface area contributed by atoms with Gasteiger partial charge < -0.3 is 30.4 Å². The Labute approximate surface area is 275 Å². The van der Waals surface area contributed by atoms with Gasteiger partial charge in [0.15, 0.2) is 0 Å². The Bertz CT molecular complexity index is 2040. The molecule has 1 unspecified atom stereocenters. The third-order valence-corrected chi connectivity index (χ3v) is 9.34. The van der Waals surface area contributed by atoms with Crippen molar-refractivity contribution in [3.63, 3.8) is 0 Å². The first-order chi connectivity index (χ1) is 22.5. The summed E-state index contributed by atoms with van der Waals surface area (Å²) in [7, 11) is 4.34. The number of carbonyl (C=O) groups excluding carboxylic acids is 2. The normalized spacial score (nSPS) is 18.6. The molecule has 6 rings (SSSR count). The van der Waals surface area contributed by atoms with E-state index in [9.17, 15) is 24.3 Å². The third-order valence-electron chi connectivity index (χ3n) is 8.93. The average Bonchev–Trinajstić information content (AvgIpc) is 3.62. The van der Waals surface area contributed by atoms with Crippen LogP contribution in [0, 0.1) is 6.92 Å². The number of carbonyl (C=O) groups is 2. The Morgan fingerprint density at radius 2 is 1.85 bits per heavy atom. The van der Waals surface area contributed by atoms with Gasteiger partial charge in [-0.05, 0) is 42.2 Å². The van der Waals surface area contributed by atoms with Crippen LogP contribution in [-0.4, -0.2) is 56.8 Å². The number of fused-ring (bicyclic) bond motifs is 1. The summed E-state index contributed by atoms with van der Waals surface area (Å²) in [6, 6.07) is 12.5. The molecule has 3 atom stereocenters. The molecule has 4 aromatic rings. The van der Waals surface area contributed by atoms with Crippen molar-refractivity contribution in [1.29, 1.82) is 0 Å². The quantitative estimate of drug-likeness (QED) is 0.225. The molecule has 1 aliphatic heterocycles. The van der Waals surface area contributed by atoms with Gasteiger partial charge in [-0.25, -0.2) is 9.78 Å². The molecule has 13 heteroatoms. The maximum atomic E-state index is 13.2. The highest BCUT2D eigenvalue weighted by Gasteiger charge is 2.36. The summed E-state index contributed by atoms with van der Waals surface area (Å²) >= 11 is 7.07. The van der Waals surface area contributed by atoms with Crippen LogP contribution in [0.3, 0.4) is 0 Å². The maximum Gasteiger partial charge on any atom is 0.330 e. The fourth-order valence-electron chi connectivity index (χ4n) is 6.40. The first-order valence-electron chi connectivity index (χ1n) is 15.2. The van der Waals surface area contributed by atoms with Crippen molar-refractivity contribution in [3.8, 4) is 28.3 Å². The van der Waals surface area contributed by atoms with E-state index < -0.39 is 29.3 Å². The van der Waals surface area contributed by atoms with Crippen LogP contribution in [0.4, 0.5) is 5.69 Å². The summed E-state index contributed by atoms with van der Waals surface area (Å²) < 4.78 is 7.79. The molecular formula is C34H35ClN6O6. The molecule has 1 aliphatic carbocycles. The lowest BCUT2D eigenvalue weighted by molar-refractivity contribution is -0.119. The van der Waals surface area contributed by atoms with Gasteiger partial charge in [-0.2, -0.15) is 0 Å². The monoisotopic (exact) mass is 658 g/mol. The van der Waals surface area contributed by atoms with Crippen LogP contribution in [0.1, 0.15) is 45.9 Å². The summed E-state index contributed by atoms with van der Waals surface area (Å²) in [5.74, 6) is -0.222. The smallest absolute Gasteiger partial charge is 0.330 e. The molecule has 1 saturated heterocycles. The number of hydrogen-bond acceptors (Lipinski definition) is 8. The molecule has 2 aromatic carbocycles. The highest BCUT2D eigenvalue weighted by Crippen LogP contribution is 2.43. The molecule has 2 aliphatic rings. The molecule has 2 aromatic heterocycles. The molecule has 0 bridgehead atoms. The van der Waals surface area contributed by atoms with Crippen LogP contribution in [0.5, 0.6) is 5.88 Å². The summed E-state index contributed by atoms with van der Waals surface area (Å²) in [5, 5.41) is 20.6. The first kappa shape index (κ1) is 32.2. The van der Waals surface area contributed by atoms with Crippen molar-refractivity contribution in [3.05, 3.63) is 96.8 Å². The third kappa shape index (κ3) is 5.95. The Morgan fingerprint density at radius 1 is 1.13 bits per heavy atom. The lowest BCUT2D eigenvalue weighted by Crippen LogP contribution is -2.40. The summed E-state index contributed by atoms with van der Waals surface area (Å²) in [6.07, 6.45) is 2.17. The number of aryl methyl sites for hydroxylation is 1. The van der Waals surface area contributed by atoms with Crippen LogP contribution in [0.15, 0.2) is 58.3 Å². The van der Waals surface area contributed by atoms with Gasteiger partial charge in [0, 0.05) is 68.1 Å². The zero-order chi connectivity index (χ0) is 33.6. The number of hydrogen-bond donors (Lipinski definition) is 4. The number of methoxy groups -OCH3 is 1. The first-order valence-corrected chi connectivity index (χ1v) is 15.6. The zero-order valence-corrected chi connectivity index (χ0v) is 27.1. The largest absolute Gasteiger partial charge is 0.481 e. The number of nitrogens with one attached hydrogen (secondary N) is 3. The van der Waals surface area contributed by atoms with Crippen molar-refractivity contribution in [2.24, 2.45) is 14.1 Å². The van der Waals surface area contributed by atoms with E-state index >= 15 is 0 Å². The van der Waals surface area contributed by atoms with Crippen LogP contribution in [0.2, 0.25) is 5.02 Å². The predicted molar refractivity (Wildman–Crippen MR) is 178 cm³/mol. The number of aromatic nitrogens is 3. The molecule has 244 valence electrons. The SMILES string of the molecule is COc1nc(-c2cccc(-c3cccc(NC(=O)c4cn(C)c(=O)n(C)c4=O)c3C)c2Cl)cc2c1C(NC[C@@H]1CCC(=O)N1)[C@@H](O)C2. The second-order valence-electron chi connectivity index (χ2n) is 11.9. The van der Waals surface area contributed by atoms with E-state index in [2.05, 4.69) is 16.0 Å². The van der Waals surface area contributed by atoms with E-state index in [0.29, 0.717) is 52.8 Å². The van der Waals surface area contributed by atoms with Gasteiger partial charge in [0.1, 0.15) is 5.56 Å². The van der Waals surface area contributed by atoms with E-state index in [1.807, 2.05) is 37.3 Å². The van der Waals surface area contributed by atoms with Crippen LogP contribution >= 0.6 is 11.6 Å². The minimum atomic E-state index is -0.698. The van der Waals surface area contributed by atoms with Gasteiger partial charge in [-0.3, -0.25) is 19.0 Å². The van der Waals surface area contributed by atoms with Gasteiger partial charge in [0.2, 0.25) is 11.8 Å². The van der Waals surface area contributed by atoms with Crippen LogP contribution in [-0.2, 0) is 25.3 Å². The fraction of sp³-hybridized carbons (Fsp3) is 0.324. The molecule has 4 N–H and O–H groups in total. The Kier molecular flexibility index (Phi) is 8.75. The minimum absolute atomic E-state index is 0.00900. The highest BCUT2D eigenvalue weighted by atomic mass is 35.5. The highest BCUT2D eigenvalue weighted by molar-refractivity contribution is 6.36. The lowest BCUT2D eigenvalue weighted by Gasteiger charge is -2.22. The number of benzene rings is 2. The van der Waals surface area contributed by atoms with Crippen molar-refractivity contribution in [1.82, 2.24) is 24.8 Å². The van der Waals surface area contributed by atoms with Gasteiger partial charge in [0.05, 0.1) is 30.0 Å². The molecule has 12 nitrogen and oxygen atoms in total. The molecule has 0 spiro atoms. The van der Waals surface area contributed by atoms with Gasteiger partial charge in [-0.15, -0.1) is 0 Å². The van der Waals surface area contributed by atoms with Gasteiger partial charge in [0.25, 0.3) is 11.5 Å². The number of nitrogens with zero attached hydrogens (tertiary/aromatic N) is 3. The fourth-order valence-corrected chi connectivity index (χ4v) is 6.73. The van der Waals surface area contributed by atoms with E-state index in [4.69, 9.17) is 21.3 Å². The second kappa shape index (κ2) is 12.8. The van der Waals surface area contributed by atoms with Crippen LogP contribution < -0.4 is 31.9 Å². The molecule has 1 fully saturated rings. The zero-order valence-electron chi connectivity index (χ0n) is 26.4. The average molecular weight is 659 g/mol. The summed E-state index contributed by atoms with van der Waals surface area (Å²) in [4.78, 5) is 54.3. The van der Waals surface area contributed by atoms with Crippen molar-refractivity contribution in [2.45, 2.75) is 44.4 Å². The summed E-state index contributed by atoms with van der Waals surface area (Å²) in [6.45, 7) is 2.36. The number of aliphatic hydroxyl groups is 1. The predicted octanol–water partition coefficient (Wildman–Crippen LogP) is 2.86. The molecule has 2 amide bonds. The number of amides is 2. The van der Waals surface area contributed by atoms with Crippen LogP contribution in [0.25, 0.3) is 22.4 Å². The topological polar surface area (TPSA) is 157 Å². The Morgan fingerprint density at radius 3 is 2.57 bits per heavy atom. The van der Waals surface area contributed by atoms with Gasteiger partial charge >= 0.3 is 5.69 Å². The summed E-state index contributed by atoms with van der Waals surface area (Å²) in [5.41, 5.74) is 4.19. The van der Waals surface area contributed by atoms with E-state index in [1.165, 1.54) is 32.0 Å². The van der Waals surface area contributed by atoms with Crippen molar-refractivity contribution < 1.29 is 19.4 Å². The Hall–Kier alpha value is -4.78. The Balaban J connectivity index is 1.31. The standard InChI is InChI=1S/C34H35ClN6O6/c1-17-20(7-6-10-24(17)38-31(44)23-16-40(2)34(46)41(3)33(23)45)21-8-5-9-22(29(21)35)25-13-18-14-26(42)30(28(18)32(39-25)47-4)36-15-19-11-12-27(43)37-19/h5-10,13,16,19,26,30,36,42H,11-12,14-15H2,1-4H3,(H,37,43)(H,38,44)/t19-,26-,30?/m0/s1. The molecule has 47 heavy (non-hydrogen) atoms. The number of ether oxygens (including phenoxy) is 1. The van der Waals surface area contributed by atoms with Gasteiger partial charge in [-0.1, -0.05) is 41.9 Å². The number of aliphatic hydroxyl groups excluding tert-OH is 1. The van der Waals surface area contributed by atoms with E-state index in [0.717, 1.165) is 33.2 Å². The lowest BCUT2D eigenvalue weighted by atomic mass is 9.96. The van der Waals surface area contributed by atoms with Crippen molar-refractivity contribution >= 4 is 29.1 Å². The molecular weight excluding hydrogens is 624 g/mol. The van der Waals surface area contributed by atoms with E-state index in [1.54, 1.807) is 12.1 Å². The molecule has 0 radical (unpaired) electrons.